The molecule has 5 nitrogen and oxygen atoms in total. The van der Waals surface area contributed by atoms with Crippen molar-refractivity contribution >= 4 is 11.3 Å². The minimum atomic E-state index is 0.132. The summed E-state index contributed by atoms with van der Waals surface area (Å²) in [6.45, 7) is 5.03. The van der Waals surface area contributed by atoms with Crippen LogP contribution >= 0.6 is 11.3 Å². The fourth-order valence-corrected chi connectivity index (χ4v) is 4.18. The van der Waals surface area contributed by atoms with Crippen LogP contribution < -0.4 is 5.32 Å². The molecule has 6 heteroatoms. The van der Waals surface area contributed by atoms with Crippen molar-refractivity contribution in [1.29, 1.82) is 0 Å². The zero-order valence-corrected chi connectivity index (χ0v) is 14.5. The van der Waals surface area contributed by atoms with Crippen molar-refractivity contribution in [2.24, 2.45) is 0 Å². The second-order valence-electron chi connectivity index (χ2n) is 6.30. The number of morpholine rings is 1. The highest BCUT2D eigenvalue weighted by atomic mass is 32.1. The number of pyridine rings is 1. The van der Waals surface area contributed by atoms with Gasteiger partial charge in [0, 0.05) is 36.8 Å². The Morgan fingerprint density at radius 1 is 1.33 bits per heavy atom. The first kappa shape index (κ1) is 16.2. The van der Waals surface area contributed by atoms with Gasteiger partial charge in [0.1, 0.15) is 0 Å². The van der Waals surface area contributed by atoms with Crippen molar-refractivity contribution in [2.45, 2.75) is 31.3 Å². The number of rotatable bonds is 6. The lowest BCUT2D eigenvalue weighted by Crippen LogP contribution is -2.47. The van der Waals surface area contributed by atoms with Gasteiger partial charge in [0.2, 0.25) is 0 Å². The molecule has 1 N–H and O–H groups in total. The van der Waals surface area contributed by atoms with Gasteiger partial charge in [-0.05, 0) is 23.6 Å². The van der Waals surface area contributed by atoms with E-state index < -0.39 is 0 Å². The molecule has 3 atom stereocenters. The first-order chi connectivity index (χ1) is 11.9. The number of hydrogen-bond acceptors (Lipinski definition) is 6. The Morgan fingerprint density at radius 2 is 2.33 bits per heavy atom. The van der Waals surface area contributed by atoms with Gasteiger partial charge in [-0.2, -0.15) is 0 Å². The van der Waals surface area contributed by atoms with E-state index in [1.165, 1.54) is 4.88 Å². The third-order valence-corrected chi connectivity index (χ3v) is 5.63. The van der Waals surface area contributed by atoms with E-state index in [2.05, 4.69) is 32.7 Å². The predicted molar refractivity (Wildman–Crippen MR) is 93.9 cm³/mol. The van der Waals surface area contributed by atoms with Crippen LogP contribution in [0.1, 0.15) is 10.6 Å². The summed E-state index contributed by atoms with van der Waals surface area (Å²) in [5.41, 5.74) is 0.977. The standard InChI is InChI=1S/C18H23N3O2S/c1-2-6-19-14(4-1)12-23-18-16(20-10-15-5-3-9-24-15)11-21-7-8-22-13-17(18)21/h1-6,9,16-18,20H,7-8,10-13H2/t16-,17-,18-/m1/s1. The highest BCUT2D eigenvalue weighted by Crippen LogP contribution is 2.25. The average Bonchev–Trinajstić information content (AvgIpc) is 3.26. The van der Waals surface area contributed by atoms with Crippen molar-refractivity contribution < 1.29 is 9.47 Å². The summed E-state index contributed by atoms with van der Waals surface area (Å²) in [6.07, 6.45) is 1.95. The minimum Gasteiger partial charge on any atom is -0.378 e. The van der Waals surface area contributed by atoms with Crippen LogP contribution in [0, 0.1) is 0 Å². The summed E-state index contributed by atoms with van der Waals surface area (Å²) in [5.74, 6) is 0. The Kier molecular flexibility index (Phi) is 5.20. The smallest absolute Gasteiger partial charge is 0.0923 e. The maximum Gasteiger partial charge on any atom is 0.0923 e. The van der Waals surface area contributed by atoms with Gasteiger partial charge in [-0.15, -0.1) is 11.3 Å². The maximum atomic E-state index is 6.30. The van der Waals surface area contributed by atoms with E-state index in [0.29, 0.717) is 18.7 Å². The quantitative estimate of drug-likeness (QED) is 0.866. The zero-order chi connectivity index (χ0) is 16.2. The maximum absolute atomic E-state index is 6.30. The topological polar surface area (TPSA) is 46.6 Å². The molecule has 4 rings (SSSR count). The molecular formula is C18H23N3O2S. The SMILES string of the molecule is c1ccc(CO[C@H]2[C@H]3COCCN3C[C@H]2NCc2cccs2)nc1. The Labute approximate surface area is 146 Å². The van der Waals surface area contributed by atoms with E-state index in [4.69, 9.17) is 9.47 Å². The number of fused-ring (bicyclic) bond motifs is 1. The molecule has 0 spiro atoms. The van der Waals surface area contributed by atoms with E-state index in [-0.39, 0.29) is 6.10 Å². The number of nitrogens with one attached hydrogen (secondary N) is 1. The van der Waals surface area contributed by atoms with E-state index in [9.17, 15) is 0 Å². The van der Waals surface area contributed by atoms with Crippen LogP contribution in [0.3, 0.4) is 0 Å². The number of aromatic nitrogens is 1. The van der Waals surface area contributed by atoms with Gasteiger partial charge in [-0.1, -0.05) is 12.1 Å². The molecule has 2 aliphatic heterocycles. The van der Waals surface area contributed by atoms with Gasteiger partial charge in [0.15, 0.2) is 0 Å². The largest absolute Gasteiger partial charge is 0.378 e. The highest BCUT2D eigenvalue weighted by Gasteiger charge is 2.43. The predicted octanol–water partition coefficient (Wildman–Crippen LogP) is 1.90. The van der Waals surface area contributed by atoms with E-state index in [1.807, 2.05) is 24.4 Å². The van der Waals surface area contributed by atoms with Crippen molar-refractivity contribution in [2.75, 3.05) is 26.3 Å². The number of hydrogen-bond donors (Lipinski definition) is 1. The first-order valence-electron chi connectivity index (χ1n) is 8.49. The first-order valence-corrected chi connectivity index (χ1v) is 9.37. The molecular weight excluding hydrogens is 322 g/mol. The molecule has 0 aromatic carbocycles. The molecule has 2 aromatic heterocycles. The number of nitrogens with zero attached hydrogens (tertiary/aromatic N) is 2. The van der Waals surface area contributed by atoms with Crippen molar-refractivity contribution in [3.05, 3.63) is 52.5 Å². The fraction of sp³-hybridized carbons (Fsp3) is 0.500. The Bertz CT molecular complexity index is 622. The van der Waals surface area contributed by atoms with Gasteiger partial charge in [-0.3, -0.25) is 9.88 Å². The third kappa shape index (κ3) is 3.68. The van der Waals surface area contributed by atoms with E-state index in [0.717, 1.165) is 38.5 Å². The number of thiophene rings is 1. The van der Waals surface area contributed by atoms with Crippen LogP contribution in [0.15, 0.2) is 41.9 Å². The van der Waals surface area contributed by atoms with E-state index in [1.54, 1.807) is 11.3 Å². The summed E-state index contributed by atoms with van der Waals surface area (Å²) in [6, 6.07) is 10.9. The molecule has 2 aromatic rings. The molecule has 24 heavy (non-hydrogen) atoms. The molecule has 2 fully saturated rings. The normalized spacial score (nSPS) is 27.2. The minimum absolute atomic E-state index is 0.132. The Hall–Kier alpha value is -1.31. The fourth-order valence-electron chi connectivity index (χ4n) is 3.53. The van der Waals surface area contributed by atoms with Gasteiger partial charge < -0.3 is 14.8 Å². The lowest BCUT2D eigenvalue weighted by Gasteiger charge is -2.32. The second-order valence-corrected chi connectivity index (χ2v) is 7.33. The van der Waals surface area contributed by atoms with Crippen LogP contribution in [0.4, 0.5) is 0 Å². The molecule has 0 bridgehead atoms. The number of ether oxygens (including phenoxy) is 2. The Morgan fingerprint density at radius 3 is 3.17 bits per heavy atom. The monoisotopic (exact) mass is 345 g/mol. The van der Waals surface area contributed by atoms with Crippen molar-refractivity contribution in [3.8, 4) is 0 Å². The molecule has 4 heterocycles. The third-order valence-electron chi connectivity index (χ3n) is 4.76. The average molecular weight is 345 g/mol. The molecule has 2 saturated heterocycles. The van der Waals surface area contributed by atoms with Crippen LogP contribution in [0.5, 0.6) is 0 Å². The summed E-state index contributed by atoms with van der Waals surface area (Å²) < 4.78 is 12.0. The zero-order valence-electron chi connectivity index (χ0n) is 13.6. The van der Waals surface area contributed by atoms with Gasteiger partial charge >= 0.3 is 0 Å². The lowest BCUT2D eigenvalue weighted by molar-refractivity contribution is -0.0542. The second kappa shape index (κ2) is 7.72. The van der Waals surface area contributed by atoms with E-state index >= 15 is 0 Å². The van der Waals surface area contributed by atoms with Gasteiger partial charge in [-0.25, -0.2) is 0 Å². The van der Waals surface area contributed by atoms with Crippen LogP contribution in [0.25, 0.3) is 0 Å². The highest BCUT2D eigenvalue weighted by molar-refractivity contribution is 7.09. The summed E-state index contributed by atoms with van der Waals surface area (Å²) in [5, 5.41) is 5.82. The van der Waals surface area contributed by atoms with Crippen LogP contribution in [0.2, 0.25) is 0 Å². The molecule has 0 amide bonds. The van der Waals surface area contributed by atoms with Gasteiger partial charge in [0.25, 0.3) is 0 Å². The molecule has 0 aliphatic carbocycles. The van der Waals surface area contributed by atoms with Gasteiger partial charge in [0.05, 0.1) is 37.7 Å². The van der Waals surface area contributed by atoms with Crippen LogP contribution in [-0.4, -0.2) is 54.4 Å². The van der Waals surface area contributed by atoms with Crippen molar-refractivity contribution in [1.82, 2.24) is 15.2 Å². The summed E-state index contributed by atoms with van der Waals surface area (Å²) in [7, 11) is 0. The molecule has 0 saturated carbocycles. The lowest BCUT2D eigenvalue weighted by atomic mass is 10.1. The summed E-state index contributed by atoms with van der Waals surface area (Å²) >= 11 is 1.79. The molecule has 0 unspecified atom stereocenters. The van der Waals surface area contributed by atoms with Crippen molar-refractivity contribution in [3.63, 3.8) is 0 Å². The molecule has 128 valence electrons. The molecule has 2 aliphatic rings. The van der Waals surface area contributed by atoms with Crippen LogP contribution in [-0.2, 0) is 22.6 Å². The molecule has 0 radical (unpaired) electrons. The summed E-state index contributed by atoms with van der Waals surface area (Å²) in [4.78, 5) is 8.23. The Balaban J connectivity index is 1.41.